The molecule has 5 heteroatoms. The van der Waals surface area contributed by atoms with Crippen molar-refractivity contribution < 1.29 is 19.4 Å². The molecule has 1 heterocycles. The second-order valence-electron chi connectivity index (χ2n) is 7.54. The summed E-state index contributed by atoms with van der Waals surface area (Å²) >= 11 is 0. The van der Waals surface area contributed by atoms with Crippen LogP contribution in [-0.4, -0.2) is 48.0 Å². The number of methoxy groups -OCH3 is 1. The second-order valence-corrected chi connectivity index (χ2v) is 7.54. The lowest BCUT2D eigenvalue weighted by Gasteiger charge is -2.42. The molecule has 0 unspecified atom stereocenters. The van der Waals surface area contributed by atoms with Crippen molar-refractivity contribution in [3.63, 3.8) is 0 Å². The average Bonchev–Trinajstić information content (AvgIpc) is 2.53. The van der Waals surface area contributed by atoms with Crippen LogP contribution in [0.25, 0.3) is 0 Å². The zero-order valence-corrected chi connectivity index (χ0v) is 15.3. The molecule has 0 saturated carbocycles. The average molecular weight is 335 g/mol. The van der Waals surface area contributed by atoms with Crippen LogP contribution in [0.5, 0.6) is 5.75 Å². The van der Waals surface area contributed by atoms with Gasteiger partial charge in [-0.25, -0.2) is 4.79 Å². The third kappa shape index (κ3) is 4.41. The summed E-state index contributed by atoms with van der Waals surface area (Å²) < 4.78 is 10.7. The van der Waals surface area contributed by atoms with Crippen LogP contribution >= 0.6 is 0 Å². The molecule has 1 aliphatic rings. The van der Waals surface area contributed by atoms with Crippen LogP contribution < -0.4 is 4.74 Å². The van der Waals surface area contributed by atoms with Crippen molar-refractivity contribution >= 4 is 6.09 Å². The minimum atomic E-state index is -0.516. The Morgan fingerprint density at radius 1 is 1.29 bits per heavy atom. The van der Waals surface area contributed by atoms with Crippen molar-refractivity contribution in [3.05, 3.63) is 29.8 Å². The largest absolute Gasteiger partial charge is 0.497 e. The SMILES string of the molecule is COc1ccc([C@@H]2C[C@@H](C)N(C(=O)OC(C)(C)C)C[C@H]2CO)cc1. The maximum atomic E-state index is 12.4. The number of nitrogens with zero attached hydrogens (tertiary/aromatic N) is 1. The normalized spacial score (nSPS) is 24.6. The molecule has 0 aliphatic carbocycles. The Labute approximate surface area is 144 Å². The number of aliphatic hydroxyl groups excluding tert-OH is 1. The van der Waals surface area contributed by atoms with E-state index in [1.807, 2.05) is 52.0 Å². The van der Waals surface area contributed by atoms with E-state index in [2.05, 4.69) is 0 Å². The molecule has 24 heavy (non-hydrogen) atoms. The number of benzene rings is 1. The van der Waals surface area contributed by atoms with E-state index in [1.165, 1.54) is 5.56 Å². The van der Waals surface area contributed by atoms with E-state index in [4.69, 9.17) is 9.47 Å². The first-order valence-corrected chi connectivity index (χ1v) is 8.49. The summed E-state index contributed by atoms with van der Waals surface area (Å²) in [7, 11) is 1.65. The fourth-order valence-electron chi connectivity index (χ4n) is 3.27. The van der Waals surface area contributed by atoms with Gasteiger partial charge in [0.25, 0.3) is 0 Å². The molecule has 1 amide bonds. The number of hydrogen-bond donors (Lipinski definition) is 1. The predicted octanol–water partition coefficient (Wildman–Crippen LogP) is 3.42. The number of likely N-dealkylation sites (tertiary alicyclic amines) is 1. The molecule has 1 aromatic rings. The predicted molar refractivity (Wildman–Crippen MR) is 93.3 cm³/mol. The third-order valence-electron chi connectivity index (χ3n) is 4.53. The van der Waals surface area contributed by atoms with Gasteiger partial charge in [-0.15, -0.1) is 0 Å². The monoisotopic (exact) mass is 335 g/mol. The zero-order chi connectivity index (χ0) is 17.9. The highest BCUT2D eigenvalue weighted by molar-refractivity contribution is 5.68. The summed E-state index contributed by atoms with van der Waals surface area (Å²) in [6, 6.07) is 8.03. The van der Waals surface area contributed by atoms with E-state index in [0.29, 0.717) is 6.54 Å². The minimum Gasteiger partial charge on any atom is -0.497 e. The van der Waals surface area contributed by atoms with Gasteiger partial charge in [-0.1, -0.05) is 12.1 Å². The first-order valence-electron chi connectivity index (χ1n) is 8.49. The van der Waals surface area contributed by atoms with Gasteiger partial charge >= 0.3 is 6.09 Å². The third-order valence-corrected chi connectivity index (χ3v) is 4.53. The lowest BCUT2D eigenvalue weighted by molar-refractivity contribution is -0.00300. The van der Waals surface area contributed by atoms with Crippen molar-refractivity contribution in [3.8, 4) is 5.75 Å². The molecule has 0 spiro atoms. The second kappa shape index (κ2) is 7.43. The first-order chi connectivity index (χ1) is 11.2. The Bertz CT molecular complexity index is 549. The Morgan fingerprint density at radius 3 is 2.42 bits per heavy atom. The summed E-state index contributed by atoms with van der Waals surface area (Å²) in [5.41, 5.74) is 0.656. The van der Waals surface area contributed by atoms with Gasteiger partial charge in [0.1, 0.15) is 11.4 Å². The summed E-state index contributed by atoms with van der Waals surface area (Å²) in [6.45, 7) is 8.18. The molecular formula is C19H29NO4. The summed E-state index contributed by atoms with van der Waals surface area (Å²) in [6.07, 6.45) is 0.498. The van der Waals surface area contributed by atoms with Crippen LogP contribution in [0, 0.1) is 5.92 Å². The van der Waals surface area contributed by atoms with Crippen molar-refractivity contribution in [1.29, 1.82) is 0 Å². The molecule has 5 nitrogen and oxygen atoms in total. The molecule has 1 aromatic carbocycles. The van der Waals surface area contributed by atoms with Gasteiger partial charge in [0.15, 0.2) is 0 Å². The number of hydrogen-bond acceptors (Lipinski definition) is 4. The van der Waals surface area contributed by atoms with Crippen LogP contribution in [0.4, 0.5) is 4.79 Å². The minimum absolute atomic E-state index is 0.00196. The lowest BCUT2D eigenvalue weighted by Crippen LogP contribution is -2.50. The van der Waals surface area contributed by atoms with Crippen LogP contribution in [0.2, 0.25) is 0 Å². The van der Waals surface area contributed by atoms with Crippen molar-refractivity contribution in [2.75, 3.05) is 20.3 Å². The molecule has 1 N–H and O–H groups in total. The molecule has 134 valence electrons. The zero-order valence-electron chi connectivity index (χ0n) is 15.3. The van der Waals surface area contributed by atoms with Gasteiger partial charge in [-0.05, 0) is 57.7 Å². The van der Waals surface area contributed by atoms with Gasteiger partial charge in [0, 0.05) is 25.1 Å². The summed E-state index contributed by atoms with van der Waals surface area (Å²) in [4.78, 5) is 14.2. The molecule has 0 radical (unpaired) electrons. The van der Waals surface area contributed by atoms with E-state index in [1.54, 1.807) is 12.0 Å². The highest BCUT2D eigenvalue weighted by Crippen LogP contribution is 2.37. The quantitative estimate of drug-likeness (QED) is 0.919. The van der Waals surface area contributed by atoms with Gasteiger partial charge in [-0.2, -0.15) is 0 Å². The highest BCUT2D eigenvalue weighted by atomic mass is 16.6. The molecule has 1 fully saturated rings. The molecular weight excluding hydrogens is 306 g/mol. The standard InChI is InChI=1S/C19H29NO4/c1-13-10-17(14-6-8-16(23-5)9-7-14)15(12-21)11-20(13)18(22)24-19(2,3)4/h6-9,13,15,17,21H,10-12H2,1-5H3/t13-,15+,17+/m1/s1. The van der Waals surface area contributed by atoms with E-state index in [0.717, 1.165) is 12.2 Å². The van der Waals surface area contributed by atoms with E-state index in [9.17, 15) is 9.90 Å². The fourth-order valence-corrected chi connectivity index (χ4v) is 3.27. The van der Waals surface area contributed by atoms with Crippen LogP contribution in [0.1, 0.15) is 45.6 Å². The Morgan fingerprint density at radius 2 is 1.92 bits per heavy atom. The van der Waals surface area contributed by atoms with Gasteiger partial charge in [0.05, 0.1) is 7.11 Å². The van der Waals surface area contributed by atoms with E-state index >= 15 is 0 Å². The van der Waals surface area contributed by atoms with E-state index < -0.39 is 5.60 Å². The Balaban J connectivity index is 2.13. The van der Waals surface area contributed by atoms with Crippen LogP contribution in [0.3, 0.4) is 0 Å². The van der Waals surface area contributed by atoms with Crippen molar-refractivity contribution in [1.82, 2.24) is 4.90 Å². The fraction of sp³-hybridized carbons (Fsp3) is 0.632. The van der Waals surface area contributed by atoms with Gasteiger partial charge < -0.3 is 19.5 Å². The van der Waals surface area contributed by atoms with Crippen LogP contribution in [0.15, 0.2) is 24.3 Å². The summed E-state index contributed by atoms with van der Waals surface area (Å²) in [5, 5.41) is 9.84. The van der Waals surface area contributed by atoms with Gasteiger partial charge in [0.2, 0.25) is 0 Å². The number of ether oxygens (including phenoxy) is 2. The van der Waals surface area contributed by atoms with Crippen molar-refractivity contribution in [2.45, 2.75) is 51.7 Å². The smallest absolute Gasteiger partial charge is 0.410 e. The Kier molecular flexibility index (Phi) is 5.75. The maximum Gasteiger partial charge on any atom is 0.410 e. The van der Waals surface area contributed by atoms with Crippen molar-refractivity contribution in [2.24, 2.45) is 5.92 Å². The maximum absolute atomic E-state index is 12.4. The molecule has 3 atom stereocenters. The summed E-state index contributed by atoms with van der Waals surface area (Å²) in [5.74, 6) is 1.04. The molecule has 0 aromatic heterocycles. The first kappa shape index (κ1) is 18.6. The van der Waals surface area contributed by atoms with E-state index in [-0.39, 0.29) is 30.6 Å². The highest BCUT2D eigenvalue weighted by Gasteiger charge is 2.37. The number of piperidine rings is 1. The van der Waals surface area contributed by atoms with Crippen LogP contribution in [-0.2, 0) is 4.74 Å². The number of amides is 1. The number of carbonyl (C=O) groups is 1. The lowest BCUT2D eigenvalue weighted by atomic mass is 9.78. The number of aliphatic hydroxyl groups is 1. The number of rotatable bonds is 3. The molecule has 1 saturated heterocycles. The molecule has 2 rings (SSSR count). The Hall–Kier alpha value is -1.75. The molecule has 1 aliphatic heterocycles. The van der Waals surface area contributed by atoms with Gasteiger partial charge in [-0.3, -0.25) is 0 Å². The number of carbonyl (C=O) groups excluding carboxylic acids is 1. The molecule has 0 bridgehead atoms. The topological polar surface area (TPSA) is 59.0 Å².